The summed E-state index contributed by atoms with van der Waals surface area (Å²) in [4.78, 5) is 9.55. The topological polar surface area (TPSA) is 29.0 Å². The fraction of sp³-hybridized carbons (Fsp3) is 0.333. The summed E-state index contributed by atoms with van der Waals surface area (Å²) in [6.07, 6.45) is -4.42. The van der Waals surface area contributed by atoms with Crippen LogP contribution in [0.5, 0.6) is 0 Å². The number of aromatic nitrogens is 2. The Labute approximate surface area is 112 Å². The van der Waals surface area contributed by atoms with Crippen molar-refractivity contribution in [3.8, 4) is 0 Å². The summed E-state index contributed by atoms with van der Waals surface area (Å²) >= 11 is 1.48. The molecule has 7 heteroatoms. The maximum absolute atomic E-state index is 12.6. The summed E-state index contributed by atoms with van der Waals surface area (Å²) in [5.74, 6) is 0.280. The molecule has 0 fully saturated rings. The Morgan fingerprint density at radius 2 is 2.00 bits per heavy atom. The average Bonchev–Trinajstić information content (AvgIpc) is 2.74. The van der Waals surface area contributed by atoms with E-state index < -0.39 is 11.9 Å². The number of halogens is 3. The number of nitrogens with zero attached hydrogens (tertiary/aromatic N) is 3. The largest absolute Gasteiger partial charge is 0.433 e. The van der Waals surface area contributed by atoms with Gasteiger partial charge in [-0.3, -0.25) is 0 Å². The standard InChI is InChI=1S/C12H12F3N3S/c1-8-7-19-11(16-8)6-18(2)10-5-3-4-9(17-10)12(13,14)15/h3-5,7H,6H2,1-2H3. The van der Waals surface area contributed by atoms with Crippen molar-refractivity contribution in [2.24, 2.45) is 0 Å². The predicted octanol–water partition coefficient (Wildman–Crippen LogP) is 3.50. The Hall–Kier alpha value is -1.63. The van der Waals surface area contributed by atoms with Crippen molar-refractivity contribution < 1.29 is 13.2 Å². The third-order valence-electron chi connectivity index (χ3n) is 2.45. The van der Waals surface area contributed by atoms with Gasteiger partial charge in [0.1, 0.15) is 16.5 Å². The van der Waals surface area contributed by atoms with Crippen LogP contribution in [-0.2, 0) is 12.7 Å². The van der Waals surface area contributed by atoms with Crippen LogP contribution >= 0.6 is 11.3 Å². The Bertz CT molecular complexity index is 565. The van der Waals surface area contributed by atoms with E-state index in [9.17, 15) is 13.2 Å². The molecule has 0 saturated carbocycles. The number of hydrogen-bond acceptors (Lipinski definition) is 4. The molecule has 0 atom stereocenters. The van der Waals surface area contributed by atoms with Crippen molar-refractivity contribution in [2.75, 3.05) is 11.9 Å². The summed E-state index contributed by atoms with van der Waals surface area (Å²) < 4.78 is 37.7. The van der Waals surface area contributed by atoms with Crippen LogP contribution in [0.2, 0.25) is 0 Å². The molecule has 0 aliphatic carbocycles. The SMILES string of the molecule is Cc1csc(CN(C)c2cccc(C(F)(F)F)n2)n1. The molecule has 2 heterocycles. The molecule has 0 spiro atoms. The molecule has 0 aliphatic heterocycles. The van der Waals surface area contributed by atoms with Gasteiger partial charge in [0.05, 0.1) is 6.54 Å². The van der Waals surface area contributed by atoms with Crippen molar-refractivity contribution in [2.45, 2.75) is 19.6 Å². The van der Waals surface area contributed by atoms with Gasteiger partial charge in [-0.25, -0.2) is 9.97 Å². The molecule has 2 rings (SSSR count). The van der Waals surface area contributed by atoms with E-state index in [2.05, 4.69) is 9.97 Å². The van der Waals surface area contributed by atoms with E-state index in [4.69, 9.17) is 0 Å². The minimum atomic E-state index is -4.42. The van der Waals surface area contributed by atoms with Gasteiger partial charge in [-0.1, -0.05) is 6.07 Å². The molecular formula is C12H12F3N3S. The first-order valence-corrected chi connectivity index (χ1v) is 6.40. The fourth-order valence-electron chi connectivity index (χ4n) is 1.55. The van der Waals surface area contributed by atoms with Gasteiger partial charge < -0.3 is 4.90 Å². The Morgan fingerprint density at radius 1 is 1.26 bits per heavy atom. The fourth-order valence-corrected chi connectivity index (χ4v) is 2.38. The average molecular weight is 287 g/mol. The first kappa shape index (κ1) is 13.8. The smallest absolute Gasteiger partial charge is 0.353 e. The first-order chi connectivity index (χ1) is 8.86. The molecule has 102 valence electrons. The highest BCUT2D eigenvalue weighted by Gasteiger charge is 2.32. The van der Waals surface area contributed by atoms with Crippen LogP contribution < -0.4 is 4.90 Å². The molecule has 3 nitrogen and oxygen atoms in total. The summed E-state index contributed by atoms with van der Waals surface area (Å²) in [5.41, 5.74) is 0.0255. The Kier molecular flexibility index (Phi) is 3.75. The van der Waals surface area contributed by atoms with Crippen molar-refractivity contribution >= 4 is 17.2 Å². The highest BCUT2D eigenvalue weighted by Crippen LogP contribution is 2.29. The van der Waals surface area contributed by atoms with Gasteiger partial charge in [0.2, 0.25) is 0 Å². The highest BCUT2D eigenvalue weighted by molar-refractivity contribution is 7.09. The Morgan fingerprint density at radius 3 is 2.58 bits per heavy atom. The minimum absolute atomic E-state index is 0.280. The number of alkyl halides is 3. The molecule has 0 saturated heterocycles. The normalized spacial score (nSPS) is 11.6. The third kappa shape index (κ3) is 3.44. The van der Waals surface area contributed by atoms with Gasteiger partial charge in [0.15, 0.2) is 0 Å². The minimum Gasteiger partial charge on any atom is -0.353 e. The zero-order valence-corrected chi connectivity index (χ0v) is 11.2. The summed E-state index contributed by atoms with van der Waals surface area (Å²) in [7, 11) is 1.69. The molecule has 19 heavy (non-hydrogen) atoms. The molecule has 0 unspecified atom stereocenters. The van der Waals surface area contributed by atoms with Gasteiger partial charge in [-0.05, 0) is 19.1 Å². The number of hydrogen-bond donors (Lipinski definition) is 0. The van der Waals surface area contributed by atoms with Gasteiger partial charge in [0.25, 0.3) is 0 Å². The molecule has 0 bridgehead atoms. The maximum atomic E-state index is 12.6. The van der Waals surface area contributed by atoms with Crippen LogP contribution in [0, 0.1) is 6.92 Å². The predicted molar refractivity (Wildman–Crippen MR) is 68.2 cm³/mol. The second kappa shape index (κ2) is 5.16. The number of thiazole rings is 1. The molecular weight excluding hydrogens is 275 g/mol. The molecule has 0 amide bonds. The van der Waals surface area contributed by atoms with E-state index in [1.807, 2.05) is 12.3 Å². The lowest BCUT2D eigenvalue weighted by Gasteiger charge is -2.17. The summed E-state index contributed by atoms with van der Waals surface area (Å²) in [6.45, 7) is 2.31. The third-order valence-corrected chi connectivity index (χ3v) is 3.41. The number of aryl methyl sites for hydroxylation is 1. The lowest BCUT2D eigenvalue weighted by atomic mass is 10.3. The number of rotatable bonds is 3. The second-order valence-corrected chi connectivity index (χ2v) is 5.06. The van der Waals surface area contributed by atoms with Crippen molar-refractivity contribution in [1.29, 1.82) is 0 Å². The van der Waals surface area contributed by atoms with Crippen LogP contribution in [0.4, 0.5) is 19.0 Å². The summed E-state index contributed by atoms with van der Waals surface area (Å²) in [6, 6.07) is 3.87. The van der Waals surface area contributed by atoms with E-state index in [0.717, 1.165) is 16.8 Å². The van der Waals surface area contributed by atoms with Crippen LogP contribution in [0.25, 0.3) is 0 Å². The van der Waals surface area contributed by atoms with Crippen LogP contribution in [0.1, 0.15) is 16.4 Å². The van der Waals surface area contributed by atoms with Crippen LogP contribution in [0.3, 0.4) is 0 Å². The van der Waals surface area contributed by atoms with Gasteiger partial charge >= 0.3 is 6.18 Å². The van der Waals surface area contributed by atoms with E-state index in [1.165, 1.54) is 17.4 Å². The van der Waals surface area contributed by atoms with Crippen molar-refractivity contribution in [3.63, 3.8) is 0 Å². The number of anilines is 1. The second-order valence-electron chi connectivity index (χ2n) is 4.12. The molecule has 0 aliphatic rings. The molecule has 2 aromatic rings. The van der Waals surface area contributed by atoms with Crippen LogP contribution in [-0.4, -0.2) is 17.0 Å². The number of pyridine rings is 1. The lowest BCUT2D eigenvalue weighted by molar-refractivity contribution is -0.141. The van der Waals surface area contributed by atoms with Crippen molar-refractivity contribution in [1.82, 2.24) is 9.97 Å². The highest BCUT2D eigenvalue weighted by atomic mass is 32.1. The van der Waals surface area contributed by atoms with E-state index in [1.54, 1.807) is 18.0 Å². The van der Waals surface area contributed by atoms with Gasteiger partial charge in [-0.2, -0.15) is 13.2 Å². The van der Waals surface area contributed by atoms with Crippen molar-refractivity contribution in [3.05, 3.63) is 40.0 Å². The molecule has 2 aromatic heterocycles. The first-order valence-electron chi connectivity index (χ1n) is 5.52. The molecule has 0 aromatic carbocycles. The van der Waals surface area contributed by atoms with E-state index >= 15 is 0 Å². The van der Waals surface area contributed by atoms with E-state index in [-0.39, 0.29) is 5.82 Å². The summed E-state index contributed by atoms with van der Waals surface area (Å²) in [5, 5.41) is 2.75. The van der Waals surface area contributed by atoms with Crippen LogP contribution in [0.15, 0.2) is 23.6 Å². The Balaban J connectivity index is 2.17. The van der Waals surface area contributed by atoms with Gasteiger partial charge in [-0.15, -0.1) is 11.3 Å². The lowest BCUT2D eigenvalue weighted by Crippen LogP contribution is -2.19. The zero-order chi connectivity index (χ0) is 14.0. The van der Waals surface area contributed by atoms with E-state index in [0.29, 0.717) is 6.54 Å². The monoisotopic (exact) mass is 287 g/mol. The molecule has 0 N–H and O–H groups in total. The maximum Gasteiger partial charge on any atom is 0.433 e. The quantitative estimate of drug-likeness (QED) is 0.865. The van der Waals surface area contributed by atoms with Gasteiger partial charge in [0, 0.05) is 18.1 Å². The molecule has 0 radical (unpaired) electrons. The zero-order valence-electron chi connectivity index (χ0n) is 10.4.